The Morgan fingerprint density at radius 2 is 2.20 bits per heavy atom. The number of hydrogen-bond donors (Lipinski definition) is 2. The number of ether oxygens (including phenoxy) is 1. The molecule has 1 amide bonds. The summed E-state index contributed by atoms with van der Waals surface area (Å²) in [5.41, 5.74) is 0. The zero-order valence-corrected chi connectivity index (χ0v) is 11.4. The number of carbonyl (C=O) groups is 2. The summed E-state index contributed by atoms with van der Waals surface area (Å²) in [6.45, 7) is 2.24. The Hall–Kier alpha value is -1.82. The standard InChI is InChI=1S/C14H19NO5/c1-9-2-3-10(19-9)5-7-13(16)15-8-11-4-6-12(20-11)14(17)18/h4,6,9-10H,2-3,5,7-8H2,1H3,(H,15,16)(H,17,18)/t9-,10+/m0/s1. The van der Waals surface area contributed by atoms with Crippen molar-refractivity contribution in [2.24, 2.45) is 0 Å². The van der Waals surface area contributed by atoms with Gasteiger partial charge in [-0.2, -0.15) is 0 Å². The van der Waals surface area contributed by atoms with Crippen LogP contribution < -0.4 is 5.32 Å². The van der Waals surface area contributed by atoms with Crippen LogP contribution in [0, 0.1) is 0 Å². The van der Waals surface area contributed by atoms with E-state index in [4.69, 9.17) is 14.3 Å². The zero-order valence-electron chi connectivity index (χ0n) is 11.4. The van der Waals surface area contributed by atoms with E-state index < -0.39 is 5.97 Å². The van der Waals surface area contributed by atoms with E-state index in [0.717, 1.165) is 12.8 Å². The van der Waals surface area contributed by atoms with Crippen LogP contribution in [0.4, 0.5) is 0 Å². The van der Waals surface area contributed by atoms with Gasteiger partial charge in [0.2, 0.25) is 11.7 Å². The predicted octanol–water partition coefficient (Wildman–Crippen LogP) is 1.94. The quantitative estimate of drug-likeness (QED) is 0.831. The predicted molar refractivity (Wildman–Crippen MR) is 70.3 cm³/mol. The van der Waals surface area contributed by atoms with Crippen LogP contribution in [-0.4, -0.2) is 29.2 Å². The van der Waals surface area contributed by atoms with Crippen LogP contribution in [0.3, 0.4) is 0 Å². The second-order valence-electron chi connectivity index (χ2n) is 5.03. The molecule has 0 aliphatic carbocycles. The van der Waals surface area contributed by atoms with Gasteiger partial charge in [0.1, 0.15) is 5.76 Å². The van der Waals surface area contributed by atoms with Gasteiger partial charge in [-0.05, 0) is 38.3 Å². The SMILES string of the molecule is C[C@H]1CC[C@H](CCC(=O)NCc2ccc(C(=O)O)o2)O1. The van der Waals surface area contributed by atoms with Crippen molar-refractivity contribution in [3.05, 3.63) is 23.7 Å². The van der Waals surface area contributed by atoms with Crippen LogP contribution >= 0.6 is 0 Å². The largest absolute Gasteiger partial charge is 0.475 e. The number of carboxylic acid groups (broad SMARTS) is 1. The van der Waals surface area contributed by atoms with Crippen molar-refractivity contribution in [3.63, 3.8) is 0 Å². The lowest BCUT2D eigenvalue weighted by Crippen LogP contribution is -2.23. The summed E-state index contributed by atoms with van der Waals surface area (Å²) >= 11 is 0. The first kappa shape index (κ1) is 14.6. The summed E-state index contributed by atoms with van der Waals surface area (Å²) in [5.74, 6) is -0.888. The molecule has 1 aliphatic rings. The van der Waals surface area contributed by atoms with Gasteiger partial charge in [-0.25, -0.2) is 4.79 Å². The minimum Gasteiger partial charge on any atom is -0.475 e. The Bertz CT molecular complexity index is 482. The summed E-state index contributed by atoms with van der Waals surface area (Å²) in [6, 6.07) is 2.92. The van der Waals surface area contributed by atoms with E-state index in [2.05, 4.69) is 5.32 Å². The third kappa shape index (κ3) is 4.09. The maximum absolute atomic E-state index is 11.7. The highest BCUT2D eigenvalue weighted by Gasteiger charge is 2.22. The molecule has 0 bridgehead atoms. The molecule has 0 spiro atoms. The number of nitrogens with one attached hydrogen (secondary N) is 1. The summed E-state index contributed by atoms with van der Waals surface area (Å²) in [7, 11) is 0. The normalized spacial score (nSPS) is 21.9. The van der Waals surface area contributed by atoms with Gasteiger partial charge in [0.05, 0.1) is 18.8 Å². The lowest BCUT2D eigenvalue weighted by Gasteiger charge is -2.10. The molecule has 2 N–H and O–H groups in total. The van der Waals surface area contributed by atoms with Crippen molar-refractivity contribution in [1.29, 1.82) is 0 Å². The Kier molecular flexibility index (Phi) is 4.79. The fraction of sp³-hybridized carbons (Fsp3) is 0.571. The van der Waals surface area contributed by atoms with Crippen molar-refractivity contribution >= 4 is 11.9 Å². The molecule has 0 aromatic carbocycles. The number of aromatic carboxylic acids is 1. The van der Waals surface area contributed by atoms with Gasteiger partial charge < -0.3 is 19.6 Å². The van der Waals surface area contributed by atoms with Crippen LogP contribution in [0.25, 0.3) is 0 Å². The molecular weight excluding hydrogens is 262 g/mol. The average molecular weight is 281 g/mol. The second-order valence-corrected chi connectivity index (χ2v) is 5.03. The van der Waals surface area contributed by atoms with Gasteiger partial charge in [0, 0.05) is 6.42 Å². The molecule has 2 heterocycles. The van der Waals surface area contributed by atoms with Crippen molar-refractivity contribution in [1.82, 2.24) is 5.32 Å². The highest BCUT2D eigenvalue weighted by atomic mass is 16.5. The van der Waals surface area contributed by atoms with E-state index >= 15 is 0 Å². The monoisotopic (exact) mass is 281 g/mol. The molecule has 2 atom stereocenters. The second kappa shape index (κ2) is 6.56. The Balaban J connectivity index is 1.68. The molecule has 110 valence electrons. The number of furan rings is 1. The van der Waals surface area contributed by atoms with Crippen LogP contribution in [0.1, 0.15) is 48.9 Å². The van der Waals surface area contributed by atoms with Gasteiger partial charge in [-0.15, -0.1) is 0 Å². The van der Waals surface area contributed by atoms with Crippen LogP contribution in [0.15, 0.2) is 16.5 Å². The van der Waals surface area contributed by atoms with Crippen LogP contribution in [0.5, 0.6) is 0 Å². The molecule has 1 fully saturated rings. The summed E-state index contributed by atoms with van der Waals surface area (Å²) in [5, 5.41) is 11.4. The van der Waals surface area contributed by atoms with E-state index in [0.29, 0.717) is 24.7 Å². The molecule has 1 aromatic rings. The summed E-state index contributed by atoms with van der Waals surface area (Å²) in [4.78, 5) is 22.3. The van der Waals surface area contributed by atoms with Crippen molar-refractivity contribution < 1.29 is 23.8 Å². The number of hydrogen-bond acceptors (Lipinski definition) is 4. The highest BCUT2D eigenvalue weighted by Crippen LogP contribution is 2.22. The molecule has 6 heteroatoms. The molecule has 1 aromatic heterocycles. The lowest BCUT2D eigenvalue weighted by molar-refractivity contribution is -0.122. The maximum atomic E-state index is 11.7. The van der Waals surface area contributed by atoms with E-state index in [-0.39, 0.29) is 24.3 Å². The summed E-state index contributed by atoms with van der Waals surface area (Å²) in [6.07, 6.45) is 3.66. The fourth-order valence-corrected chi connectivity index (χ4v) is 2.25. The third-order valence-electron chi connectivity index (χ3n) is 3.35. The first-order valence-electron chi connectivity index (χ1n) is 6.78. The number of carboxylic acids is 1. The minimum atomic E-state index is -1.12. The minimum absolute atomic E-state index is 0.0820. The smallest absolute Gasteiger partial charge is 0.371 e. The molecule has 20 heavy (non-hydrogen) atoms. The molecule has 2 rings (SSSR count). The van der Waals surface area contributed by atoms with Crippen molar-refractivity contribution in [2.75, 3.05) is 0 Å². The van der Waals surface area contributed by atoms with E-state index in [1.54, 1.807) is 6.07 Å². The van der Waals surface area contributed by atoms with Gasteiger partial charge in [0.15, 0.2) is 0 Å². The van der Waals surface area contributed by atoms with Gasteiger partial charge in [0.25, 0.3) is 0 Å². The van der Waals surface area contributed by atoms with E-state index in [1.165, 1.54) is 6.07 Å². The number of carbonyl (C=O) groups excluding carboxylic acids is 1. The van der Waals surface area contributed by atoms with Gasteiger partial charge in [-0.1, -0.05) is 0 Å². The number of amides is 1. The highest BCUT2D eigenvalue weighted by molar-refractivity contribution is 5.84. The Morgan fingerprint density at radius 3 is 2.80 bits per heavy atom. The first-order valence-corrected chi connectivity index (χ1v) is 6.78. The molecule has 1 aliphatic heterocycles. The van der Waals surface area contributed by atoms with Gasteiger partial charge >= 0.3 is 5.97 Å². The number of rotatable bonds is 6. The Morgan fingerprint density at radius 1 is 1.40 bits per heavy atom. The van der Waals surface area contributed by atoms with E-state index in [9.17, 15) is 9.59 Å². The molecule has 0 unspecified atom stereocenters. The maximum Gasteiger partial charge on any atom is 0.371 e. The molecule has 1 saturated heterocycles. The van der Waals surface area contributed by atoms with Crippen molar-refractivity contribution in [3.8, 4) is 0 Å². The summed E-state index contributed by atoms with van der Waals surface area (Å²) < 4.78 is 10.7. The topological polar surface area (TPSA) is 88.8 Å². The van der Waals surface area contributed by atoms with Crippen LogP contribution in [-0.2, 0) is 16.1 Å². The molecular formula is C14H19NO5. The van der Waals surface area contributed by atoms with Crippen LogP contribution in [0.2, 0.25) is 0 Å². The lowest BCUT2D eigenvalue weighted by atomic mass is 10.1. The molecule has 0 radical (unpaired) electrons. The zero-order chi connectivity index (χ0) is 14.5. The first-order chi connectivity index (χ1) is 9.54. The molecule has 0 saturated carbocycles. The van der Waals surface area contributed by atoms with Gasteiger partial charge in [-0.3, -0.25) is 4.79 Å². The Labute approximate surface area is 117 Å². The molecule has 6 nitrogen and oxygen atoms in total. The third-order valence-corrected chi connectivity index (χ3v) is 3.35. The fourth-order valence-electron chi connectivity index (χ4n) is 2.25. The van der Waals surface area contributed by atoms with E-state index in [1.807, 2.05) is 6.92 Å². The van der Waals surface area contributed by atoms with Crippen molar-refractivity contribution in [2.45, 2.75) is 51.4 Å². The average Bonchev–Trinajstić information content (AvgIpc) is 3.03.